The molecule has 1 aromatic carbocycles. The molecular formula is C12H17FO2. The molecule has 1 N–H and O–H groups in total. The maximum atomic E-state index is 12.8. The van der Waals surface area contributed by atoms with Gasteiger partial charge in [0.2, 0.25) is 0 Å². The summed E-state index contributed by atoms with van der Waals surface area (Å²) in [4.78, 5) is 0. The third kappa shape index (κ3) is 5.18. The molecule has 0 aliphatic heterocycles. The molecule has 0 bridgehead atoms. The molecule has 0 saturated carbocycles. The van der Waals surface area contributed by atoms with E-state index in [1.165, 1.54) is 12.1 Å². The van der Waals surface area contributed by atoms with Crippen LogP contribution in [0.4, 0.5) is 4.39 Å². The quantitative estimate of drug-likeness (QED) is 0.777. The average molecular weight is 212 g/mol. The number of aliphatic hydroxyl groups is 1. The maximum absolute atomic E-state index is 12.8. The number of rotatable bonds is 4. The Hall–Kier alpha value is -1.35. The minimum atomic E-state index is -0.411. The van der Waals surface area contributed by atoms with Gasteiger partial charge in [0, 0.05) is 6.07 Å². The van der Waals surface area contributed by atoms with Crippen LogP contribution >= 0.6 is 0 Å². The molecule has 0 aliphatic carbocycles. The van der Waals surface area contributed by atoms with Gasteiger partial charge in [0.25, 0.3) is 0 Å². The van der Waals surface area contributed by atoms with Crippen molar-refractivity contribution in [1.29, 1.82) is 0 Å². The van der Waals surface area contributed by atoms with E-state index in [0.717, 1.165) is 0 Å². The SMILES string of the molecule is C=CCOc1cc(F)cc(CO)c1.CC. The fourth-order valence-corrected chi connectivity index (χ4v) is 0.951. The van der Waals surface area contributed by atoms with Crippen LogP contribution in [0.15, 0.2) is 30.9 Å². The Bertz CT molecular complexity index is 298. The normalized spacial score (nSPS) is 8.80. The Labute approximate surface area is 90.0 Å². The van der Waals surface area contributed by atoms with E-state index in [1.807, 2.05) is 13.8 Å². The molecule has 0 aromatic heterocycles. The number of hydrogen-bond acceptors (Lipinski definition) is 2. The first-order valence-electron chi connectivity index (χ1n) is 4.90. The summed E-state index contributed by atoms with van der Waals surface area (Å²) in [5.41, 5.74) is 0.499. The van der Waals surface area contributed by atoms with Crippen molar-refractivity contribution in [2.24, 2.45) is 0 Å². The van der Waals surface area contributed by atoms with Gasteiger partial charge < -0.3 is 9.84 Å². The molecule has 0 fully saturated rings. The van der Waals surface area contributed by atoms with Crippen molar-refractivity contribution in [2.75, 3.05) is 6.61 Å². The highest BCUT2D eigenvalue weighted by atomic mass is 19.1. The van der Waals surface area contributed by atoms with Gasteiger partial charge >= 0.3 is 0 Å². The third-order valence-corrected chi connectivity index (χ3v) is 1.48. The van der Waals surface area contributed by atoms with Crippen molar-refractivity contribution in [2.45, 2.75) is 20.5 Å². The molecule has 84 valence electrons. The van der Waals surface area contributed by atoms with Crippen LogP contribution < -0.4 is 4.74 Å². The molecular weight excluding hydrogens is 195 g/mol. The van der Waals surface area contributed by atoms with Crippen LogP contribution in [0.3, 0.4) is 0 Å². The lowest BCUT2D eigenvalue weighted by molar-refractivity contribution is 0.279. The van der Waals surface area contributed by atoms with Gasteiger partial charge in [-0.25, -0.2) is 4.39 Å². The summed E-state index contributed by atoms with van der Waals surface area (Å²) in [6.45, 7) is 7.61. The number of benzene rings is 1. The van der Waals surface area contributed by atoms with Gasteiger partial charge in [-0.05, 0) is 17.7 Å². The monoisotopic (exact) mass is 212 g/mol. The van der Waals surface area contributed by atoms with Crippen molar-refractivity contribution in [1.82, 2.24) is 0 Å². The summed E-state index contributed by atoms with van der Waals surface area (Å²) in [6.07, 6.45) is 1.57. The zero-order valence-corrected chi connectivity index (χ0v) is 9.16. The zero-order valence-electron chi connectivity index (χ0n) is 9.16. The van der Waals surface area contributed by atoms with Gasteiger partial charge in [-0.1, -0.05) is 26.5 Å². The summed E-state index contributed by atoms with van der Waals surface area (Å²) in [5, 5.41) is 8.77. The molecule has 0 atom stereocenters. The standard InChI is InChI=1S/C10H11FO2.C2H6/c1-2-3-13-10-5-8(7-12)4-9(11)6-10;1-2/h2,4-6,12H,1,3,7H2;1-2H3. The van der Waals surface area contributed by atoms with Gasteiger partial charge in [-0.3, -0.25) is 0 Å². The second-order valence-corrected chi connectivity index (χ2v) is 2.55. The Kier molecular flexibility index (Phi) is 7.28. The highest BCUT2D eigenvalue weighted by Gasteiger charge is 1.99. The van der Waals surface area contributed by atoms with E-state index >= 15 is 0 Å². The minimum absolute atomic E-state index is 0.192. The second-order valence-electron chi connectivity index (χ2n) is 2.55. The molecule has 2 nitrogen and oxygen atoms in total. The third-order valence-electron chi connectivity index (χ3n) is 1.48. The van der Waals surface area contributed by atoms with Crippen LogP contribution in [-0.4, -0.2) is 11.7 Å². The van der Waals surface area contributed by atoms with Gasteiger partial charge in [0.1, 0.15) is 18.2 Å². The van der Waals surface area contributed by atoms with E-state index in [2.05, 4.69) is 6.58 Å². The number of halogens is 1. The summed E-state index contributed by atoms with van der Waals surface area (Å²) in [7, 11) is 0. The van der Waals surface area contributed by atoms with Gasteiger partial charge in [0.15, 0.2) is 0 Å². The van der Waals surface area contributed by atoms with E-state index in [1.54, 1.807) is 12.1 Å². The first-order chi connectivity index (χ1) is 7.26. The Morgan fingerprint density at radius 2 is 2.07 bits per heavy atom. The molecule has 0 spiro atoms. The zero-order chi connectivity index (χ0) is 11.7. The minimum Gasteiger partial charge on any atom is -0.489 e. The smallest absolute Gasteiger partial charge is 0.127 e. The number of hydrogen-bond donors (Lipinski definition) is 1. The first-order valence-corrected chi connectivity index (χ1v) is 4.90. The van der Waals surface area contributed by atoms with Crippen LogP contribution in [0.5, 0.6) is 5.75 Å². The predicted molar refractivity (Wildman–Crippen MR) is 59.4 cm³/mol. The topological polar surface area (TPSA) is 29.5 Å². The van der Waals surface area contributed by atoms with Crippen molar-refractivity contribution in [3.63, 3.8) is 0 Å². The molecule has 0 radical (unpaired) electrons. The maximum Gasteiger partial charge on any atom is 0.127 e. The fourth-order valence-electron chi connectivity index (χ4n) is 0.951. The van der Waals surface area contributed by atoms with Gasteiger partial charge in [-0.2, -0.15) is 0 Å². The van der Waals surface area contributed by atoms with E-state index in [0.29, 0.717) is 17.9 Å². The molecule has 1 aromatic rings. The van der Waals surface area contributed by atoms with E-state index < -0.39 is 5.82 Å². The Morgan fingerprint density at radius 1 is 1.40 bits per heavy atom. The molecule has 0 heterocycles. The molecule has 1 rings (SSSR count). The molecule has 0 aliphatic rings. The Morgan fingerprint density at radius 3 is 2.60 bits per heavy atom. The largest absolute Gasteiger partial charge is 0.489 e. The molecule has 15 heavy (non-hydrogen) atoms. The summed E-state index contributed by atoms with van der Waals surface area (Å²) >= 11 is 0. The molecule has 0 unspecified atom stereocenters. The van der Waals surface area contributed by atoms with Crippen molar-refractivity contribution < 1.29 is 14.2 Å². The van der Waals surface area contributed by atoms with Crippen LogP contribution in [-0.2, 0) is 6.61 Å². The number of ether oxygens (including phenoxy) is 1. The highest BCUT2D eigenvalue weighted by Crippen LogP contribution is 2.16. The molecule has 3 heteroatoms. The summed E-state index contributed by atoms with van der Waals surface area (Å²) < 4.78 is 17.9. The van der Waals surface area contributed by atoms with Crippen molar-refractivity contribution in [3.05, 3.63) is 42.2 Å². The first kappa shape index (κ1) is 13.7. The van der Waals surface area contributed by atoms with E-state index in [4.69, 9.17) is 9.84 Å². The highest BCUT2D eigenvalue weighted by molar-refractivity contribution is 5.29. The predicted octanol–water partition coefficient (Wildman–Crippen LogP) is 2.91. The second kappa shape index (κ2) is 8.00. The lowest BCUT2D eigenvalue weighted by Gasteiger charge is -2.04. The van der Waals surface area contributed by atoms with Crippen molar-refractivity contribution >= 4 is 0 Å². The summed E-state index contributed by atoms with van der Waals surface area (Å²) in [6, 6.07) is 4.12. The summed E-state index contributed by atoms with van der Waals surface area (Å²) in [5.74, 6) is -0.00503. The average Bonchev–Trinajstić information content (AvgIpc) is 2.28. The van der Waals surface area contributed by atoms with E-state index in [9.17, 15) is 4.39 Å². The van der Waals surface area contributed by atoms with Crippen LogP contribution in [0, 0.1) is 5.82 Å². The molecule has 0 amide bonds. The van der Waals surface area contributed by atoms with Crippen LogP contribution in [0.1, 0.15) is 19.4 Å². The van der Waals surface area contributed by atoms with Crippen LogP contribution in [0.25, 0.3) is 0 Å². The van der Waals surface area contributed by atoms with Crippen molar-refractivity contribution in [3.8, 4) is 5.75 Å². The lowest BCUT2D eigenvalue weighted by Crippen LogP contribution is -1.95. The fraction of sp³-hybridized carbons (Fsp3) is 0.333. The van der Waals surface area contributed by atoms with Crippen LogP contribution in [0.2, 0.25) is 0 Å². The van der Waals surface area contributed by atoms with Gasteiger partial charge in [0.05, 0.1) is 6.61 Å². The number of aliphatic hydroxyl groups excluding tert-OH is 1. The van der Waals surface area contributed by atoms with Gasteiger partial charge in [-0.15, -0.1) is 0 Å². The molecule has 0 saturated heterocycles. The van der Waals surface area contributed by atoms with E-state index in [-0.39, 0.29) is 6.61 Å². The Balaban J connectivity index is 0.000000921. The lowest BCUT2D eigenvalue weighted by atomic mass is 10.2.